The molecule has 0 saturated carbocycles. The summed E-state index contributed by atoms with van der Waals surface area (Å²) in [6.45, 7) is 7.16. The SMILES string of the molecule is CNS(=O)(=O)c1cc(/C=C/C(=O)N2CCCC(CN(C)C(=O)OC(C)(C)C)C2)ccc1OC. The summed E-state index contributed by atoms with van der Waals surface area (Å²) in [7, 11) is 0.723. The van der Waals surface area contributed by atoms with E-state index in [0.717, 1.165) is 12.8 Å². The standard InChI is InChI=1S/C23H35N3O6S/c1-23(2,3)32-22(28)25(5)15-18-8-7-13-26(16-18)21(27)12-10-17-9-11-19(31-6)20(14-17)33(29,30)24-4/h9-12,14,18,24H,7-8,13,15-16H2,1-6H3/b12-10+. The molecule has 10 heteroatoms. The number of likely N-dealkylation sites (tertiary alicyclic amines) is 1. The van der Waals surface area contributed by atoms with E-state index in [9.17, 15) is 18.0 Å². The molecule has 0 spiro atoms. The van der Waals surface area contributed by atoms with E-state index in [4.69, 9.17) is 9.47 Å². The Morgan fingerprint density at radius 3 is 2.61 bits per heavy atom. The lowest BCUT2D eigenvalue weighted by molar-refractivity contribution is -0.127. The van der Waals surface area contributed by atoms with Crippen molar-refractivity contribution in [3.8, 4) is 5.75 Å². The van der Waals surface area contributed by atoms with Crippen LogP contribution in [0, 0.1) is 5.92 Å². The molecule has 2 rings (SSSR count). The third-order valence-corrected chi connectivity index (χ3v) is 6.67. The van der Waals surface area contributed by atoms with E-state index >= 15 is 0 Å². The van der Waals surface area contributed by atoms with Gasteiger partial charge in [0.2, 0.25) is 15.9 Å². The van der Waals surface area contributed by atoms with Crippen molar-refractivity contribution in [2.24, 2.45) is 5.92 Å². The Kier molecular flexibility index (Phi) is 8.90. The van der Waals surface area contributed by atoms with E-state index in [1.807, 2.05) is 20.8 Å². The summed E-state index contributed by atoms with van der Waals surface area (Å²) in [5.74, 6) is 0.219. The van der Waals surface area contributed by atoms with Gasteiger partial charge in [0.25, 0.3) is 0 Å². The second-order valence-corrected chi connectivity index (χ2v) is 11.0. The molecule has 1 aliphatic heterocycles. The van der Waals surface area contributed by atoms with Gasteiger partial charge in [0.1, 0.15) is 16.2 Å². The summed E-state index contributed by atoms with van der Waals surface area (Å²) < 4.78 is 37.3. The van der Waals surface area contributed by atoms with Gasteiger partial charge in [-0.15, -0.1) is 0 Å². The van der Waals surface area contributed by atoms with E-state index in [0.29, 0.717) is 25.2 Å². The third kappa shape index (κ3) is 7.75. The number of carbonyl (C=O) groups excluding carboxylic acids is 2. The number of hydrogen-bond donors (Lipinski definition) is 1. The van der Waals surface area contributed by atoms with Crippen LogP contribution in [0.25, 0.3) is 6.08 Å². The van der Waals surface area contributed by atoms with Crippen molar-refractivity contribution in [2.75, 3.05) is 40.8 Å². The number of benzene rings is 1. The summed E-state index contributed by atoms with van der Waals surface area (Å²) in [4.78, 5) is 28.3. The Morgan fingerprint density at radius 1 is 1.30 bits per heavy atom. The highest BCUT2D eigenvalue weighted by Gasteiger charge is 2.27. The van der Waals surface area contributed by atoms with Crippen molar-refractivity contribution in [2.45, 2.75) is 44.1 Å². The van der Waals surface area contributed by atoms with Crippen LogP contribution in [-0.4, -0.2) is 76.7 Å². The molecule has 0 radical (unpaired) electrons. The van der Waals surface area contributed by atoms with Crippen molar-refractivity contribution >= 4 is 28.1 Å². The molecule has 1 atom stereocenters. The van der Waals surface area contributed by atoms with Crippen molar-refractivity contribution in [3.63, 3.8) is 0 Å². The highest BCUT2D eigenvalue weighted by Crippen LogP contribution is 2.25. The quantitative estimate of drug-likeness (QED) is 0.601. The maximum Gasteiger partial charge on any atom is 0.410 e. The van der Waals surface area contributed by atoms with Crippen LogP contribution in [0.4, 0.5) is 4.79 Å². The number of rotatable bonds is 7. The van der Waals surface area contributed by atoms with E-state index in [-0.39, 0.29) is 28.6 Å². The Labute approximate surface area is 196 Å². The average Bonchev–Trinajstić information content (AvgIpc) is 2.76. The van der Waals surface area contributed by atoms with Gasteiger partial charge >= 0.3 is 6.09 Å². The molecule has 1 heterocycles. The number of nitrogens with one attached hydrogen (secondary N) is 1. The molecule has 1 unspecified atom stereocenters. The zero-order chi connectivity index (χ0) is 24.8. The third-order valence-electron chi connectivity index (χ3n) is 5.23. The minimum atomic E-state index is -3.71. The van der Waals surface area contributed by atoms with E-state index < -0.39 is 15.6 Å². The molecular formula is C23H35N3O6S. The molecule has 2 amide bonds. The molecule has 1 aromatic rings. The fourth-order valence-corrected chi connectivity index (χ4v) is 4.53. The summed E-state index contributed by atoms with van der Waals surface area (Å²) in [5.41, 5.74) is 0.00892. The van der Waals surface area contributed by atoms with Gasteiger partial charge in [-0.1, -0.05) is 6.07 Å². The number of methoxy groups -OCH3 is 1. The fourth-order valence-electron chi connectivity index (χ4n) is 3.61. The summed E-state index contributed by atoms with van der Waals surface area (Å²) in [6.07, 6.45) is 4.42. The van der Waals surface area contributed by atoms with Crippen molar-refractivity contribution in [1.29, 1.82) is 0 Å². The molecule has 9 nitrogen and oxygen atoms in total. The first-order chi connectivity index (χ1) is 15.4. The van der Waals surface area contributed by atoms with E-state index in [2.05, 4.69) is 4.72 Å². The van der Waals surface area contributed by atoms with Gasteiger partial charge in [-0.25, -0.2) is 17.9 Å². The van der Waals surface area contributed by atoms with E-state index in [1.165, 1.54) is 26.3 Å². The van der Waals surface area contributed by atoms with Crippen LogP contribution in [0.2, 0.25) is 0 Å². The lowest BCUT2D eigenvalue weighted by atomic mass is 9.97. The van der Waals surface area contributed by atoms with Crippen LogP contribution in [0.15, 0.2) is 29.2 Å². The molecular weight excluding hydrogens is 446 g/mol. The molecule has 0 aromatic heterocycles. The number of ether oxygens (including phenoxy) is 2. The number of sulfonamides is 1. The van der Waals surface area contributed by atoms with Gasteiger partial charge < -0.3 is 19.3 Å². The second-order valence-electron chi connectivity index (χ2n) is 9.10. The Balaban J connectivity index is 2.04. The smallest absolute Gasteiger partial charge is 0.410 e. The number of hydrogen-bond acceptors (Lipinski definition) is 6. The number of carbonyl (C=O) groups is 2. The first-order valence-corrected chi connectivity index (χ1v) is 12.4. The van der Waals surface area contributed by atoms with Crippen LogP contribution in [0.1, 0.15) is 39.2 Å². The molecule has 1 N–H and O–H groups in total. The minimum Gasteiger partial charge on any atom is -0.495 e. The van der Waals surface area contributed by atoms with Gasteiger partial charge in [-0.2, -0.15) is 0 Å². The molecule has 1 fully saturated rings. The van der Waals surface area contributed by atoms with Gasteiger partial charge in [0, 0.05) is 32.8 Å². The Morgan fingerprint density at radius 2 is 2.00 bits per heavy atom. The van der Waals surface area contributed by atoms with Gasteiger partial charge in [-0.3, -0.25) is 4.79 Å². The number of piperidine rings is 1. The minimum absolute atomic E-state index is 0.00492. The second kappa shape index (κ2) is 11.0. The van der Waals surface area contributed by atoms with Crippen LogP contribution < -0.4 is 9.46 Å². The number of nitrogens with zero attached hydrogens (tertiary/aromatic N) is 2. The Bertz CT molecular complexity index is 984. The molecule has 0 aliphatic carbocycles. The van der Waals surface area contributed by atoms with Crippen molar-refractivity contribution in [1.82, 2.24) is 14.5 Å². The van der Waals surface area contributed by atoms with Gasteiger partial charge in [0.15, 0.2) is 0 Å². The van der Waals surface area contributed by atoms with Crippen molar-refractivity contribution in [3.05, 3.63) is 29.8 Å². The van der Waals surface area contributed by atoms with Crippen LogP contribution in [0.3, 0.4) is 0 Å². The Hall–Kier alpha value is -2.59. The van der Waals surface area contributed by atoms with Crippen LogP contribution in [-0.2, 0) is 19.6 Å². The molecule has 0 bridgehead atoms. The molecule has 1 saturated heterocycles. The molecule has 184 valence electrons. The summed E-state index contributed by atoms with van der Waals surface area (Å²) >= 11 is 0. The predicted octanol–water partition coefficient (Wildman–Crippen LogP) is 2.72. The molecule has 1 aliphatic rings. The monoisotopic (exact) mass is 481 g/mol. The van der Waals surface area contributed by atoms with Crippen molar-refractivity contribution < 1.29 is 27.5 Å². The highest BCUT2D eigenvalue weighted by molar-refractivity contribution is 7.89. The molecule has 1 aromatic carbocycles. The summed E-state index contributed by atoms with van der Waals surface area (Å²) in [5, 5.41) is 0. The lowest BCUT2D eigenvalue weighted by Crippen LogP contribution is -2.44. The largest absolute Gasteiger partial charge is 0.495 e. The van der Waals surface area contributed by atoms with E-state index in [1.54, 1.807) is 35.1 Å². The van der Waals surface area contributed by atoms with Crippen LogP contribution >= 0.6 is 0 Å². The lowest BCUT2D eigenvalue weighted by Gasteiger charge is -2.34. The normalized spacial score (nSPS) is 17.2. The highest BCUT2D eigenvalue weighted by atomic mass is 32.2. The van der Waals surface area contributed by atoms with Gasteiger partial charge in [0.05, 0.1) is 7.11 Å². The summed E-state index contributed by atoms with van der Waals surface area (Å²) in [6, 6.07) is 4.70. The topological polar surface area (TPSA) is 105 Å². The predicted molar refractivity (Wildman–Crippen MR) is 126 cm³/mol. The first-order valence-electron chi connectivity index (χ1n) is 10.9. The first kappa shape index (κ1) is 26.7. The average molecular weight is 482 g/mol. The zero-order valence-electron chi connectivity index (χ0n) is 20.3. The van der Waals surface area contributed by atoms with Gasteiger partial charge in [-0.05, 0) is 70.4 Å². The molecule has 33 heavy (non-hydrogen) atoms. The van der Waals surface area contributed by atoms with Crippen LogP contribution in [0.5, 0.6) is 5.75 Å². The zero-order valence-corrected chi connectivity index (χ0v) is 21.1. The maximum atomic E-state index is 12.8. The number of amides is 2. The fraction of sp³-hybridized carbons (Fsp3) is 0.565. The maximum absolute atomic E-state index is 12.8.